The first-order chi connectivity index (χ1) is 10.6. The number of amides is 1. The summed E-state index contributed by atoms with van der Waals surface area (Å²) in [4.78, 5) is 12.4. The Bertz CT molecular complexity index is 803. The molecule has 3 aromatic rings. The predicted molar refractivity (Wildman–Crippen MR) is 74.6 cm³/mol. The van der Waals surface area contributed by atoms with Crippen LogP contribution in [0.2, 0.25) is 0 Å². The van der Waals surface area contributed by atoms with Crippen molar-refractivity contribution < 1.29 is 13.6 Å². The maximum Gasteiger partial charge on any atom is 0.261 e. The second-order valence-corrected chi connectivity index (χ2v) is 5.21. The van der Waals surface area contributed by atoms with E-state index in [0.717, 1.165) is 12.1 Å². The second-order valence-electron chi connectivity index (χ2n) is 4.27. The summed E-state index contributed by atoms with van der Waals surface area (Å²) < 4.78 is 27.5. The topological polar surface area (TPSA) is 72.7 Å². The van der Waals surface area contributed by atoms with Gasteiger partial charge in [-0.25, -0.2) is 8.78 Å². The van der Waals surface area contributed by atoms with Gasteiger partial charge in [-0.05, 0) is 34.0 Å². The summed E-state index contributed by atoms with van der Waals surface area (Å²) in [6, 6.07) is 6.78. The van der Waals surface area contributed by atoms with Gasteiger partial charge in [-0.2, -0.15) is 4.68 Å². The molecular formula is C13H9F2N5OS. The third-order valence-electron chi connectivity index (χ3n) is 2.83. The molecule has 0 aliphatic carbocycles. The van der Waals surface area contributed by atoms with Gasteiger partial charge in [0, 0.05) is 6.07 Å². The van der Waals surface area contributed by atoms with E-state index in [0.29, 0.717) is 10.7 Å². The van der Waals surface area contributed by atoms with Crippen LogP contribution in [0.25, 0.3) is 5.69 Å². The minimum Gasteiger partial charge on any atom is -0.344 e. The maximum absolute atomic E-state index is 13.3. The third-order valence-corrected chi connectivity index (χ3v) is 3.70. The van der Waals surface area contributed by atoms with Crippen molar-refractivity contribution in [2.45, 2.75) is 6.54 Å². The van der Waals surface area contributed by atoms with Crippen molar-refractivity contribution in [3.05, 3.63) is 58.0 Å². The van der Waals surface area contributed by atoms with Crippen molar-refractivity contribution in [3.63, 3.8) is 0 Å². The highest BCUT2D eigenvalue weighted by atomic mass is 32.1. The summed E-state index contributed by atoms with van der Waals surface area (Å²) in [6.07, 6.45) is 0. The lowest BCUT2D eigenvalue weighted by atomic mass is 10.3. The monoisotopic (exact) mass is 321 g/mol. The van der Waals surface area contributed by atoms with Crippen molar-refractivity contribution in [1.29, 1.82) is 0 Å². The maximum atomic E-state index is 13.3. The lowest BCUT2D eigenvalue weighted by Crippen LogP contribution is -2.24. The van der Waals surface area contributed by atoms with Crippen LogP contribution in [0.4, 0.5) is 8.78 Å². The second kappa shape index (κ2) is 5.98. The van der Waals surface area contributed by atoms with E-state index in [1.807, 2.05) is 0 Å². The minimum atomic E-state index is -0.999. The fraction of sp³-hybridized carbons (Fsp3) is 0.0769. The summed E-state index contributed by atoms with van der Waals surface area (Å²) in [5.74, 6) is -1.91. The zero-order chi connectivity index (χ0) is 15.5. The molecule has 9 heteroatoms. The van der Waals surface area contributed by atoms with Crippen LogP contribution < -0.4 is 5.32 Å². The molecule has 0 radical (unpaired) electrons. The molecule has 0 saturated heterocycles. The molecule has 0 atom stereocenters. The molecular weight excluding hydrogens is 312 g/mol. The number of thiophene rings is 1. The van der Waals surface area contributed by atoms with E-state index in [1.165, 1.54) is 22.1 Å². The number of hydrogen-bond acceptors (Lipinski definition) is 5. The zero-order valence-electron chi connectivity index (χ0n) is 11.0. The van der Waals surface area contributed by atoms with Gasteiger partial charge in [-0.3, -0.25) is 4.79 Å². The molecule has 0 aliphatic heterocycles. The average molecular weight is 321 g/mol. The van der Waals surface area contributed by atoms with Crippen LogP contribution in [0.5, 0.6) is 0 Å². The number of aromatic nitrogens is 4. The van der Waals surface area contributed by atoms with Crippen LogP contribution >= 0.6 is 11.3 Å². The van der Waals surface area contributed by atoms with Crippen molar-refractivity contribution in [1.82, 2.24) is 25.5 Å². The van der Waals surface area contributed by atoms with Crippen LogP contribution in [-0.4, -0.2) is 26.1 Å². The van der Waals surface area contributed by atoms with E-state index < -0.39 is 11.6 Å². The Labute approximate surface area is 127 Å². The molecule has 0 aliphatic rings. The quantitative estimate of drug-likeness (QED) is 0.797. The normalized spacial score (nSPS) is 10.6. The number of nitrogens with zero attached hydrogens (tertiary/aromatic N) is 4. The van der Waals surface area contributed by atoms with Gasteiger partial charge >= 0.3 is 0 Å². The number of carbonyl (C=O) groups excluding carboxylic acids is 1. The van der Waals surface area contributed by atoms with E-state index in [2.05, 4.69) is 20.8 Å². The number of benzene rings is 1. The largest absolute Gasteiger partial charge is 0.344 e. The summed E-state index contributed by atoms with van der Waals surface area (Å²) in [7, 11) is 0. The van der Waals surface area contributed by atoms with Crippen molar-refractivity contribution in [2.75, 3.05) is 0 Å². The van der Waals surface area contributed by atoms with Crippen LogP contribution in [0.1, 0.15) is 15.5 Å². The van der Waals surface area contributed by atoms with E-state index in [-0.39, 0.29) is 18.1 Å². The Morgan fingerprint density at radius 1 is 1.27 bits per heavy atom. The summed E-state index contributed by atoms with van der Waals surface area (Å²) >= 11 is 1.31. The van der Waals surface area contributed by atoms with E-state index >= 15 is 0 Å². The standard InChI is InChI=1S/C13H9F2N5OS/c14-9-4-3-8(6-10(9)15)20-12(17-18-19-20)7-16-13(21)11-2-1-5-22-11/h1-6H,7H2,(H,16,21). The summed E-state index contributed by atoms with van der Waals surface area (Å²) in [5.41, 5.74) is 0.268. The van der Waals surface area contributed by atoms with Gasteiger partial charge in [0.2, 0.25) is 0 Å². The zero-order valence-corrected chi connectivity index (χ0v) is 11.8. The summed E-state index contributed by atoms with van der Waals surface area (Å²) in [5, 5.41) is 15.4. The van der Waals surface area contributed by atoms with Gasteiger partial charge in [0.15, 0.2) is 17.5 Å². The Kier molecular flexibility index (Phi) is 3.88. The Morgan fingerprint density at radius 2 is 2.14 bits per heavy atom. The van der Waals surface area contributed by atoms with Crippen molar-refractivity contribution in [3.8, 4) is 5.69 Å². The molecule has 0 saturated carbocycles. The Balaban J connectivity index is 1.77. The Hall–Kier alpha value is -2.68. The summed E-state index contributed by atoms with van der Waals surface area (Å²) in [6.45, 7) is 0.0583. The van der Waals surface area contributed by atoms with E-state index in [9.17, 15) is 13.6 Å². The van der Waals surface area contributed by atoms with E-state index in [4.69, 9.17) is 0 Å². The number of carbonyl (C=O) groups is 1. The fourth-order valence-electron chi connectivity index (χ4n) is 1.79. The molecule has 1 amide bonds. The molecule has 6 nitrogen and oxygen atoms in total. The first-order valence-corrected chi connectivity index (χ1v) is 7.07. The van der Waals surface area contributed by atoms with Gasteiger partial charge in [-0.1, -0.05) is 6.07 Å². The molecule has 112 valence electrons. The molecule has 0 bridgehead atoms. The third kappa shape index (κ3) is 2.84. The molecule has 2 aromatic heterocycles. The van der Waals surface area contributed by atoms with Gasteiger partial charge in [-0.15, -0.1) is 16.4 Å². The lowest BCUT2D eigenvalue weighted by Gasteiger charge is -2.06. The van der Waals surface area contributed by atoms with Crippen LogP contribution in [0.15, 0.2) is 35.7 Å². The lowest BCUT2D eigenvalue weighted by molar-refractivity contribution is 0.0953. The molecule has 3 rings (SSSR count). The first kappa shape index (κ1) is 14.3. The highest BCUT2D eigenvalue weighted by Gasteiger charge is 2.13. The fourth-order valence-corrected chi connectivity index (χ4v) is 2.43. The predicted octanol–water partition coefficient (Wildman–Crippen LogP) is 1.93. The molecule has 0 unspecified atom stereocenters. The molecule has 1 aromatic carbocycles. The van der Waals surface area contributed by atoms with Gasteiger partial charge in [0.05, 0.1) is 17.1 Å². The number of tetrazole rings is 1. The van der Waals surface area contributed by atoms with Gasteiger partial charge < -0.3 is 5.32 Å². The molecule has 0 spiro atoms. The highest BCUT2D eigenvalue weighted by Crippen LogP contribution is 2.13. The SMILES string of the molecule is O=C(NCc1nnnn1-c1ccc(F)c(F)c1)c1cccs1. The number of rotatable bonds is 4. The number of halogens is 2. The molecule has 1 N–H and O–H groups in total. The minimum absolute atomic E-state index is 0.0583. The Morgan fingerprint density at radius 3 is 2.86 bits per heavy atom. The van der Waals surface area contributed by atoms with Crippen LogP contribution in [-0.2, 0) is 6.54 Å². The highest BCUT2D eigenvalue weighted by molar-refractivity contribution is 7.12. The number of hydrogen-bond donors (Lipinski definition) is 1. The van der Waals surface area contributed by atoms with E-state index in [1.54, 1.807) is 17.5 Å². The molecule has 0 fully saturated rings. The number of nitrogens with one attached hydrogen (secondary N) is 1. The van der Waals surface area contributed by atoms with Crippen LogP contribution in [0, 0.1) is 11.6 Å². The molecule has 22 heavy (non-hydrogen) atoms. The van der Waals surface area contributed by atoms with Gasteiger partial charge in [0.25, 0.3) is 5.91 Å². The average Bonchev–Trinajstić information content (AvgIpc) is 3.18. The van der Waals surface area contributed by atoms with Crippen molar-refractivity contribution in [2.24, 2.45) is 0 Å². The van der Waals surface area contributed by atoms with Crippen LogP contribution in [0.3, 0.4) is 0 Å². The van der Waals surface area contributed by atoms with Gasteiger partial charge in [0.1, 0.15) is 0 Å². The van der Waals surface area contributed by atoms with Crippen molar-refractivity contribution >= 4 is 17.2 Å². The smallest absolute Gasteiger partial charge is 0.261 e. The molecule has 2 heterocycles. The first-order valence-electron chi connectivity index (χ1n) is 6.19.